The third-order valence-corrected chi connectivity index (χ3v) is 5.64. The average Bonchev–Trinajstić information content (AvgIpc) is 3.50. The van der Waals surface area contributed by atoms with Gasteiger partial charge in [-0.3, -0.25) is 4.79 Å². The molecule has 244 valence electrons. The van der Waals surface area contributed by atoms with Crippen molar-refractivity contribution in [3.8, 4) is 11.8 Å². The van der Waals surface area contributed by atoms with Gasteiger partial charge in [0, 0.05) is 10.0 Å². The van der Waals surface area contributed by atoms with Gasteiger partial charge < -0.3 is 44.4 Å². The van der Waals surface area contributed by atoms with E-state index >= 15 is 0 Å². The summed E-state index contributed by atoms with van der Waals surface area (Å²) >= 11 is 11.9. The molecule has 4 N–H and O–H groups in total. The van der Waals surface area contributed by atoms with Crippen LogP contribution in [-0.4, -0.2) is 65.9 Å². The second-order valence-electron chi connectivity index (χ2n) is 11.4. The van der Waals surface area contributed by atoms with Crippen LogP contribution in [0.5, 0.6) is 11.8 Å². The number of nitrogens with one attached hydrogen (secondary N) is 2. The SMILES string of the molecule is CC(C)(C)OC(=O)NCCOc1noc2c(C(N)=O)cc(Cl)cc12.CC(C)(C)OC(=O)NCCOc1noc2ccc(Cl)cc12. The van der Waals surface area contributed by atoms with Crippen molar-refractivity contribution < 1.29 is 42.4 Å². The van der Waals surface area contributed by atoms with Crippen LogP contribution in [0.3, 0.4) is 0 Å². The lowest BCUT2D eigenvalue weighted by Gasteiger charge is -2.19. The number of rotatable bonds is 9. The number of carbonyl (C=O) groups excluding carboxylic acids is 3. The van der Waals surface area contributed by atoms with E-state index in [4.69, 9.17) is 56.9 Å². The summed E-state index contributed by atoms with van der Waals surface area (Å²) in [6.07, 6.45) is -1.03. The lowest BCUT2D eigenvalue weighted by atomic mass is 10.1. The highest BCUT2D eigenvalue weighted by Crippen LogP contribution is 2.31. The van der Waals surface area contributed by atoms with Gasteiger partial charge in [-0.1, -0.05) is 23.2 Å². The molecule has 14 nitrogen and oxygen atoms in total. The van der Waals surface area contributed by atoms with Crippen LogP contribution in [0.1, 0.15) is 51.9 Å². The van der Waals surface area contributed by atoms with Crippen molar-refractivity contribution in [2.75, 3.05) is 26.3 Å². The molecule has 0 unspecified atom stereocenters. The molecule has 0 fully saturated rings. The Labute approximate surface area is 268 Å². The number of amides is 3. The van der Waals surface area contributed by atoms with Gasteiger partial charge in [0.15, 0.2) is 11.2 Å². The number of alkyl carbamates (subject to hydrolysis) is 2. The predicted octanol–water partition coefficient (Wildman–Crippen LogP) is 5.87. The summed E-state index contributed by atoms with van der Waals surface area (Å²) in [5.41, 5.74) is 5.08. The number of hydrogen-bond acceptors (Lipinski definition) is 11. The summed E-state index contributed by atoms with van der Waals surface area (Å²) in [4.78, 5) is 34.3. The highest BCUT2D eigenvalue weighted by Gasteiger charge is 2.19. The Bertz CT molecular complexity index is 1640. The van der Waals surface area contributed by atoms with Gasteiger partial charge in [-0.15, -0.1) is 0 Å². The van der Waals surface area contributed by atoms with Gasteiger partial charge >= 0.3 is 12.2 Å². The van der Waals surface area contributed by atoms with Gasteiger partial charge in [0.1, 0.15) is 24.4 Å². The van der Waals surface area contributed by atoms with Crippen molar-refractivity contribution in [3.05, 3.63) is 45.9 Å². The molecule has 45 heavy (non-hydrogen) atoms. The highest BCUT2D eigenvalue weighted by atomic mass is 35.5. The minimum Gasteiger partial charge on any atom is -0.473 e. The van der Waals surface area contributed by atoms with E-state index in [1.54, 1.807) is 65.8 Å². The Morgan fingerprint density at radius 2 is 1.29 bits per heavy atom. The number of hydrogen-bond donors (Lipinski definition) is 3. The maximum atomic E-state index is 11.5. The lowest BCUT2D eigenvalue weighted by molar-refractivity contribution is 0.0508. The Morgan fingerprint density at radius 1 is 0.778 bits per heavy atom. The number of primary amides is 1. The maximum Gasteiger partial charge on any atom is 0.407 e. The number of fused-ring (bicyclic) bond motifs is 2. The monoisotopic (exact) mass is 667 g/mol. The van der Waals surface area contributed by atoms with Crippen LogP contribution in [0, 0.1) is 0 Å². The molecule has 0 aliphatic carbocycles. The second-order valence-corrected chi connectivity index (χ2v) is 12.2. The molecule has 0 bridgehead atoms. The molecule has 0 aliphatic rings. The van der Waals surface area contributed by atoms with Gasteiger partial charge in [-0.2, -0.15) is 0 Å². The number of benzene rings is 2. The molecule has 0 saturated heterocycles. The summed E-state index contributed by atoms with van der Waals surface area (Å²) in [7, 11) is 0. The molecule has 3 amide bonds. The molecule has 16 heteroatoms. The van der Waals surface area contributed by atoms with E-state index < -0.39 is 29.3 Å². The minimum atomic E-state index is -0.684. The smallest absolute Gasteiger partial charge is 0.407 e. The van der Waals surface area contributed by atoms with E-state index in [0.29, 0.717) is 38.8 Å². The van der Waals surface area contributed by atoms with Crippen LogP contribution < -0.4 is 25.8 Å². The fourth-order valence-corrected chi connectivity index (χ4v) is 3.89. The van der Waals surface area contributed by atoms with Crippen LogP contribution in [-0.2, 0) is 9.47 Å². The molecule has 0 spiro atoms. The molecule has 4 aromatic rings. The van der Waals surface area contributed by atoms with Gasteiger partial charge in [0.25, 0.3) is 17.7 Å². The fourth-order valence-electron chi connectivity index (χ4n) is 3.50. The normalized spacial score (nSPS) is 11.4. The molecule has 0 saturated carbocycles. The van der Waals surface area contributed by atoms with E-state index in [1.165, 1.54) is 6.07 Å². The largest absolute Gasteiger partial charge is 0.473 e. The van der Waals surface area contributed by atoms with Crippen molar-refractivity contribution >= 4 is 63.2 Å². The Hall–Kier alpha value is -4.43. The zero-order valence-corrected chi connectivity index (χ0v) is 27.1. The first-order valence-corrected chi connectivity index (χ1v) is 14.4. The Balaban J connectivity index is 0.000000248. The molecule has 2 aromatic carbocycles. The van der Waals surface area contributed by atoms with E-state index in [0.717, 1.165) is 0 Å². The van der Waals surface area contributed by atoms with Gasteiger partial charge in [-0.25, -0.2) is 9.59 Å². The predicted molar refractivity (Wildman–Crippen MR) is 166 cm³/mol. The van der Waals surface area contributed by atoms with Crippen LogP contribution >= 0.6 is 23.2 Å². The number of aromatic nitrogens is 2. The van der Waals surface area contributed by atoms with Crippen molar-refractivity contribution in [1.82, 2.24) is 20.9 Å². The zero-order valence-electron chi connectivity index (χ0n) is 25.6. The lowest BCUT2D eigenvalue weighted by Crippen LogP contribution is -2.34. The number of nitrogens with zero attached hydrogens (tertiary/aromatic N) is 2. The summed E-state index contributed by atoms with van der Waals surface area (Å²) in [5, 5.41) is 14.7. The number of halogens is 2. The fraction of sp³-hybridized carbons (Fsp3) is 0.414. The van der Waals surface area contributed by atoms with Crippen LogP contribution in [0.15, 0.2) is 39.4 Å². The third-order valence-electron chi connectivity index (χ3n) is 5.19. The van der Waals surface area contributed by atoms with Gasteiger partial charge in [0.05, 0.1) is 29.4 Å². The summed E-state index contributed by atoms with van der Waals surface area (Å²) in [6, 6.07) is 8.09. The standard InChI is InChI=1S/C15H18ClN3O5.C14H17ClN2O4/c1-15(2,3)23-14(21)18-4-5-22-13-10-7-8(16)6-9(12(17)20)11(10)24-19-13;1-14(2,3)20-13(18)16-6-7-19-12-10-8-9(15)4-5-11(10)21-17-12/h6-7H,4-5H2,1-3H3,(H2,17,20)(H,18,21);4-5,8H,6-7H2,1-3H3,(H,16,18). The highest BCUT2D eigenvalue weighted by molar-refractivity contribution is 6.32. The van der Waals surface area contributed by atoms with Crippen LogP contribution in [0.4, 0.5) is 9.59 Å². The van der Waals surface area contributed by atoms with Crippen molar-refractivity contribution in [2.24, 2.45) is 5.73 Å². The average molecular weight is 669 g/mol. The van der Waals surface area contributed by atoms with Crippen LogP contribution in [0.2, 0.25) is 10.0 Å². The number of carbonyl (C=O) groups is 3. The topological polar surface area (TPSA) is 190 Å². The minimum absolute atomic E-state index is 0.117. The maximum absolute atomic E-state index is 11.5. The second kappa shape index (κ2) is 15.0. The molecule has 4 rings (SSSR count). The van der Waals surface area contributed by atoms with E-state index in [-0.39, 0.29) is 36.8 Å². The van der Waals surface area contributed by atoms with Crippen molar-refractivity contribution in [1.29, 1.82) is 0 Å². The third kappa shape index (κ3) is 11.2. The van der Waals surface area contributed by atoms with Crippen molar-refractivity contribution in [2.45, 2.75) is 52.7 Å². The summed E-state index contributed by atoms with van der Waals surface area (Å²) in [5.74, 6) is -0.184. The summed E-state index contributed by atoms with van der Waals surface area (Å²) < 4.78 is 31.3. The van der Waals surface area contributed by atoms with Gasteiger partial charge in [0.2, 0.25) is 0 Å². The van der Waals surface area contributed by atoms with E-state index in [2.05, 4.69) is 20.9 Å². The number of nitrogens with two attached hydrogens (primary N) is 1. The first kappa shape index (κ1) is 35.1. The quantitative estimate of drug-likeness (QED) is 0.181. The molecular weight excluding hydrogens is 633 g/mol. The van der Waals surface area contributed by atoms with E-state index in [1.807, 2.05) is 0 Å². The first-order chi connectivity index (χ1) is 21.0. The zero-order chi connectivity index (χ0) is 33.4. The first-order valence-electron chi connectivity index (χ1n) is 13.7. The Kier molecular flexibility index (Phi) is 11.7. The van der Waals surface area contributed by atoms with Gasteiger partial charge in [-0.05, 0) is 82.2 Å². The summed E-state index contributed by atoms with van der Waals surface area (Å²) in [6.45, 7) is 11.6. The van der Waals surface area contributed by atoms with E-state index in [9.17, 15) is 14.4 Å². The molecular formula is C29H35Cl2N5O9. The molecule has 0 atom stereocenters. The number of ether oxygens (including phenoxy) is 4. The van der Waals surface area contributed by atoms with Crippen molar-refractivity contribution in [3.63, 3.8) is 0 Å². The molecule has 0 aliphatic heterocycles. The molecule has 2 heterocycles. The Morgan fingerprint density at radius 3 is 1.82 bits per heavy atom. The molecule has 0 radical (unpaired) electrons. The van der Waals surface area contributed by atoms with Crippen LogP contribution in [0.25, 0.3) is 21.9 Å². The molecule has 2 aromatic heterocycles.